The summed E-state index contributed by atoms with van der Waals surface area (Å²) in [5, 5.41) is 12.8. The van der Waals surface area contributed by atoms with Crippen molar-refractivity contribution in [1.29, 1.82) is 0 Å². The molecule has 1 amide bonds. The van der Waals surface area contributed by atoms with Crippen LogP contribution in [0.2, 0.25) is 0 Å². The van der Waals surface area contributed by atoms with Crippen LogP contribution < -0.4 is 5.32 Å². The van der Waals surface area contributed by atoms with Crippen molar-refractivity contribution in [2.75, 3.05) is 17.7 Å². The van der Waals surface area contributed by atoms with E-state index in [0.29, 0.717) is 23.0 Å². The van der Waals surface area contributed by atoms with Crippen LogP contribution in [-0.2, 0) is 20.8 Å². The predicted octanol–water partition coefficient (Wildman–Crippen LogP) is 5.04. The highest BCUT2D eigenvalue weighted by molar-refractivity contribution is 7.99. The topological polar surface area (TPSA) is 103 Å². The summed E-state index contributed by atoms with van der Waals surface area (Å²) in [5.41, 5.74) is 3.19. The number of aromatic nitrogens is 2. The molecule has 1 saturated heterocycles. The van der Waals surface area contributed by atoms with Gasteiger partial charge in [-0.05, 0) is 29.3 Å². The second kappa shape index (κ2) is 12.5. The van der Waals surface area contributed by atoms with Gasteiger partial charge in [0.05, 0.1) is 18.8 Å². The number of aliphatic hydroxyl groups excluding tert-OH is 1. The normalized spacial score (nSPS) is 19.6. The van der Waals surface area contributed by atoms with Gasteiger partial charge in [0.1, 0.15) is 6.61 Å². The minimum absolute atomic E-state index is 0.0110. The largest absolute Gasteiger partial charge is 0.445 e. The van der Waals surface area contributed by atoms with Crippen LogP contribution in [0.15, 0.2) is 84.8 Å². The van der Waals surface area contributed by atoms with E-state index in [-0.39, 0.29) is 25.4 Å². The molecule has 1 fully saturated rings. The summed E-state index contributed by atoms with van der Waals surface area (Å²) >= 11 is 1.53. The number of carbonyl (C=O) groups is 1. The lowest BCUT2D eigenvalue weighted by atomic mass is 10.0. The Balaban J connectivity index is 1.51. The fraction of sp³-hybridized carbons (Fsp3) is 0.269. The molecule has 1 aromatic heterocycles. The van der Waals surface area contributed by atoms with Gasteiger partial charge >= 0.3 is 6.09 Å². The van der Waals surface area contributed by atoms with Gasteiger partial charge < -0.3 is 19.3 Å². The molecule has 1 aliphatic heterocycles. The monoisotopic (exact) mass is 493 g/mol. The van der Waals surface area contributed by atoms with Gasteiger partial charge in [-0.2, -0.15) is 0 Å². The molecule has 0 radical (unpaired) electrons. The molecule has 182 valence electrons. The number of hydrogen-bond donors (Lipinski definition) is 2. The molecule has 35 heavy (non-hydrogen) atoms. The lowest BCUT2D eigenvalue weighted by Crippen LogP contribution is -2.31. The zero-order chi connectivity index (χ0) is 24.5. The highest BCUT2D eigenvalue weighted by Gasteiger charge is 2.32. The first kappa shape index (κ1) is 24.9. The second-order valence-electron chi connectivity index (χ2n) is 7.83. The van der Waals surface area contributed by atoms with Crippen molar-refractivity contribution in [3.05, 3.63) is 96.3 Å². The summed E-state index contributed by atoms with van der Waals surface area (Å²) in [6, 6.07) is 16.8. The van der Waals surface area contributed by atoms with E-state index in [9.17, 15) is 9.90 Å². The Labute approximate surface area is 208 Å². The van der Waals surface area contributed by atoms with Crippen LogP contribution in [0.1, 0.15) is 35.5 Å². The molecule has 9 heteroatoms. The zero-order valence-corrected chi connectivity index (χ0v) is 19.9. The lowest BCUT2D eigenvalue weighted by Gasteiger charge is -2.36. The summed E-state index contributed by atoms with van der Waals surface area (Å²) in [6.45, 7) is 3.65. The first-order valence-corrected chi connectivity index (χ1v) is 12.2. The maximum absolute atomic E-state index is 11.9. The summed E-state index contributed by atoms with van der Waals surface area (Å²) in [4.78, 5) is 20.5. The smallest absolute Gasteiger partial charge is 0.411 e. The zero-order valence-electron chi connectivity index (χ0n) is 19.1. The van der Waals surface area contributed by atoms with Gasteiger partial charge in [0.25, 0.3) is 0 Å². The van der Waals surface area contributed by atoms with Crippen LogP contribution in [0.5, 0.6) is 0 Å². The molecule has 4 rings (SSSR count). The number of anilines is 1. The van der Waals surface area contributed by atoms with Gasteiger partial charge in [0, 0.05) is 35.8 Å². The van der Waals surface area contributed by atoms with E-state index in [4.69, 9.17) is 14.2 Å². The third-order valence-electron chi connectivity index (χ3n) is 5.29. The SMILES string of the molecule is C=CCOC(=O)Nc1cccc([C@@H]2O[C@H](CSc3ncccn3)C[C@H](c3ccc(CO)cc3)O2)c1. The number of carbonyl (C=O) groups excluding carboxylic acids is 1. The third kappa shape index (κ3) is 7.12. The number of rotatable bonds is 9. The number of ether oxygens (including phenoxy) is 3. The maximum Gasteiger partial charge on any atom is 0.411 e. The minimum atomic E-state index is -0.639. The van der Waals surface area contributed by atoms with Gasteiger partial charge in [-0.3, -0.25) is 5.32 Å². The summed E-state index contributed by atoms with van der Waals surface area (Å²) in [6.07, 6.45) is 4.05. The fourth-order valence-electron chi connectivity index (χ4n) is 3.60. The Hall–Kier alpha value is -3.24. The van der Waals surface area contributed by atoms with Crippen molar-refractivity contribution in [3.63, 3.8) is 0 Å². The minimum Gasteiger partial charge on any atom is -0.445 e. The quantitative estimate of drug-likeness (QED) is 0.243. The highest BCUT2D eigenvalue weighted by atomic mass is 32.2. The van der Waals surface area contributed by atoms with Gasteiger partial charge in [0.2, 0.25) is 0 Å². The van der Waals surface area contributed by atoms with Gasteiger partial charge in [-0.1, -0.05) is 60.8 Å². The van der Waals surface area contributed by atoms with Gasteiger partial charge in [-0.15, -0.1) is 0 Å². The van der Waals surface area contributed by atoms with Crippen molar-refractivity contribution in [2.45, 2.75) is 36.7 Å². The van der Waals surface area contributed by atoms with Crippen molar-refractivity contribution < 1.29 is 24.1 Å². The van der Waals surface area contributed by atoms with Crippen LogP contribution in [0.4, 0.5) is 10.5 Å². The molecule has 0 bridgehead atoms. The summed E-state index contributed by atoms with van der Waals surface area (Å²) in [5.74, 6) is 0.654. The number of thioether (sulfide) groups is 1. The van der Waals surface area contributed by atoms with E-state index in [1.807, 2.05) is 42.5 Å². The number of hydrogen-bond acceptors (Lipinski definition) is 8. The standard InChI is InChI=1S/C26H27N3O5S/c1-2-13-32-26(31)29-21-6-3-5-20(14-21)24-33-22(17-35-25-27-11-4-12-28-25)15-23(34-24)19-9-7-18(16-30)8-10-19/h2-12,14,22-24,30H,1,13,15-17H2,(H,29,31)/t22-,23+,24+/m0/s1. The van der Waals surface area contributed by atoms with E-state index < -0.39 is 12.4 Å². The van der Waals surface area contributed by atoms with Crippen molar-refractivity contribution in [2.24, 2.45) is 0 Å². The molecule has 8 nitrogen and oxygen atoms in total. The number of amides is 1. The predicted molar refractivity (Wildman–Crippen MR) is 133 cm³/mol. The molecule has 3 atom stereocenters. The summed E-state index contributed by atoms with van der Waals surface area (Å²) < 4.78 is 17.7. The average molecular weight is 494 g/mol. The molecule has 1 aliphatic rings. The molecule has 3 aromatic rings. The second-order valence-corrected chi connectivity index (χ2v) is 8.82. The van der Waals surface area contributed by atoms with Gasteiger partial charge in [0.15, 0.2) is 11.4 Å². The van der Waals surface area contributed by atoms with Crippen LogP contribution in [0.25, 0.3) is 0 Å². The van der Waals surface area contributed by atoms with E-state index in [2.05, 4.69) is 21.9 Å². The van der Waals surface area contributed by atoms with Crippen molar-refractivity contribution in [1.82, 2.24) is 9.97 Å². The molecule has 0 unspecified atom stereocenters. The molecule has 2 aromatic carbocycles. The molecular weight excluding hydrogens is 466 g/mol. The molecule has 2 N–H and O–H groups in total. The molecule has 0 spiro atoms. The van der Waals surface area contributed by atoms with Crippen molar-refractivity contribution >= 4 is 23.5 Å². The fourth-order valence-corrected chi connectivity index (χ4v) is 4.42. The Morgan fingerprint density at radius 1 is 1.14 bits per heavy atom. The van der Waals surface area contributed by atoms with E-state index in [1.54, 1.807) is 24.5 Å². The average Bonchev–Trinajstić information content (AvgIpc) is 2.91. The molecular formula is C26H27N3O5S. The Morgan fingerprint density at radius 2 is 1.94 bits per heavy atom. The molecule has 0 saturated carbocycles. The van der Waals surface area contributed by atoms with Crippen LogP contribution >= 0.6 is 11.8 Å². The molecule has 2 heterocycles. The van der Waals surface area contributed by atoms with E-state index >= 15 is 0 Å². The number of aliphatic hydroxyl groups is 1. The van der Waals surface area contributed by atoms with E-state index in [1.165, 1.54) is 17.8 Å². The Kier molecular flexibility index (Phi) is 8.85. The van der Waals surface area contributed by atoms with Crippen molar-refractivity contribution in [3.8, 4) is 0 Å². The maximum atomic E-state index is 11.9. The highest BCUT2D eigenvalue weighted by Crippen LogP contribution is 2.39. The van der Waals surface area contributed by atoms with Crippen LogP contribution in [-0.4, -0.2) is 39.6 Å². The first-order valence-electron chi connectivity index (χ1n) is 11.2. The number of nitrogens with zero attached hydrogens (tertiary/aromatic N) is 2. The van der Waals surface area contributed by atoms with Crippen LogP contribution in [0, 0.1) is 0 Å². The van der Waals surface area contributed by atoms with Gasteiger partial charge in [-0.25, -0.2) is 14.8 Å². The van der Waals surface area contributed by atoms with E-state index in [0.717, 1.165) is 16.7 Å². The molecule has 0 aliphatic carbocycles. The lowest BCUT2D eigenvalue weighted by molar-refractivity contribution is -0.245. The number of nitrogens with one attached hydrogen (secondary N) is 1. The summed E-state index contributed by atoms with van der Waals surface area (Å²) in [7, 11) is 0. The third-order valence-corrected chi connectivity index (χ3v) is 6.30. The first-order chi connectivity index (χ1) is 17.1. The Bertz CT molecular complexity index is 1110. The van der Waals surface area contributed by atoms with Crippen LogP contribution in [0.3, 0.4) is 0 Å². The number of benzene rings is 2. The Morgan fingerprint density at radius 3 is 2.69 bits per heavy atom.